The number of ether oxygens (including phenoxy) is 2. The lowest BCUT2D eigenvalue weighted by Crippen LogP contribution is -2.85. The predicted octanol–water partition coefficient (Wildman–Crippen LogP) is 2.41. The fraction of sp³-hybridized carbons (Fsp3) is 0.839. The van der Waals surface area contributed by atoms with Crippen molar-refractivity contribution < 1.29 is 42.5 Å². The van der Waals surface area contributed by atoms with Gasteiger partial charge in [0.15, 0.2) is 5.78 Å². The molecule has 8 atom stereocenters. The standard InChI is InChI=1S/C31H45NO9S/c1-5-6-15-42(38,39)32-19-9-7-18(8-10-19)27(36)41-26-20-11-12-21-29-16-40-31(37,30(21,26)24(34)17(20)2)25(35)23(29)28(3,4)14-13-22(29)33/h18-21,23,25-26,32,35,37H,2,5-16H2,1,3-4H3/t18?,19?,20-,21-,23+,25-,26+,29+,30-,31+/m0/s1. The number of hydrogen-bond donors (Lipinski definition) is 3. The third-order valence-electron chi connectivity index (χ3n) is 12.0. The zero-order chi connectivity index (χ0) is 30.5. The number of unbranched alkanes of at least 4 members (excludes halogenated alkanes) is 1. The van der Waals surface area contributed by atoms with Crippen LogP contribution in [0.5, 0.6) is 0 Å². The number of esters is 1. The number of nitrogens with one attached hydrogen (secondary N) is 1. The molecule has 7 fully saturated rings. The minimum atomic E-state index is -3.38. The molecule has 5 aliphatic carbocycles. The highest BCUT2D eigenvalue weighted by Gasteiger charge is 2.88. The maximum absolute atomic E-state index is 14.2. The maximum Gasteiger partial charge on any atom is 0.309 e. The summed E-state index contributed by atoms with van der Waals surface area (Å²) in [5, 5.41) is 24.1. The molecule has 3 N–H and O–H groups in total. The number of Topliss-reactive ketones (excluding diaryl/α,β-unsaturated/α-hetero) is 2. The summed E-state index contributed by atoms with van der Waals surface area (Å²) < 4.78 is 39.7. The van der Waals surface area contributed by atoms with Gasteiger partial charge >= 0.3 is 5.97 Å². The summed E-state index contributed by atoms with van der Waals surface area (Å²) in [6.07, 6.45) is 2.35. The van der Waals surface area contributed by atoms with Crippen LogP contribution in [-0.4, -0.2) is 72.6 Å². The molecule has 4 bridgehead atoms. The van der Waals surface area contributed by atoms with Gasteiger partial charge in [0.2, 0.25) is 15.8 Å². The summed E-state index contributed by atoms with van der Waals surface area (Å²) in [5.74, 6) is -5.60. The van der Waals surface area contributed by atoms with E-state index in [-0.39, 0.29) is 29.8 Å². The number of aliphatic hydroxyl groups excluding tert-OH is 1. The van der Waals surface area contributed by atoms with Crippen molar-refractivity contribution in [3.63, 3.8) is 0 Å². The van der Waals surface area contributed by atoms with E-state index in [1.807, 2.05) is 20.8 Å². The van der Waals surface area contributed by atoms with E-state index in [4.69, 9.17) is 9.47 Å². The van der Waals surface area contributed by atoms with E-state index in [1.54, 1.807) is 0 Å². The van der Waals surface area contributed by atoms with Gasteiger partial charge in [0, 0.05) is 24.3 Å². The summed E-state index contributed by atoms with van der Waals surface area (Å²) in [6, 6.07) is -0.249. The van der Waals surface area contributed by atoms with Crippen LogP contribution in [0, 0.1) is 39.9 Å². The molecule has 42 heavy (non-hydrogen) atoms. The second-order valence-electron chi connectivity index (χ2n) is 14.5. The number of rotatable bonds is 7. The first-order chi connectivity index (χ1) is 19.7. The minimum absolute atomic E-state index is 0.0643. The number of ketones is 2. The van der Waals surface area contributed by atoms with Gasteiger partial charge in [-0.2, -0.15) is 0 Å². The number of aliphatic hydroxyl groups is 2. The SMILES string of the molecule is C=C1C(=O)[C@]23[C@H](OC(=O)C4CCC(NS(=O)(=O)CCCC)CC4)[C@H]1CC[C@H]2[C@@]12CO[C@]3(O)[C@@H](O)[C@@H]1C(C)(C)CCC2=O. The molecule has 0 aromatic carbocycles. The Bertz CT molecular complexity index is 1300. The van der Waals surface area contributed by atoms with Gasteiger partial charge in [-0.15, -0.1) is 0 Å². The number of carbonyl (C=O) groups is 3. The lowest BCUT2D eigenvalue weighted by molar-refractivity contribution is -0.437. The molecule has 2 aliphatic heterocycles. The highest BCUT2D eigenvalue weighted by atomic mass is 32.2. The molecular weight excluding hydrogens is 562 g/mol. The average molecular weight is 608 g/mol. The molecule has 2 spiro atoms. The van der Waals surface area contributed by atoms with E-state index in [1.165, 1.54) is 0 Å². The van der Waals surface area contributed by atoms with Gasteiger partial charge in [0.25, 0.3) is 0 Å². The first kappa shape index (κ1) is 30.4. The van der Waals surface area contributed by atoms with Gasteiger partial charge < -0.3 is 19.7 Å². The number of fused-ring (bicyclic) bond motifs is 2. The normalized spacial score (nSPS) is 45.8. The molecule has 7 aliphatic rings. The number of hydrogen-bond acceptors (Lipinski definition) is 9. The fourth-order valence-corrected chi connectivity index (χ4v) is 11.6. The highest BCUT2D eigenvalue weighted by Crippen LogP contribution is 2.76. The van der Waals surface area contributed by atoms with Gasteiger partial charge in [0.05, 0.1) is 23.7 Å². The first-order valence-electron chi connectivity index (χ1n) is 15.7. The zero-order valence-electron chi connectivity index (χ0n) is 24.9. The molecule has 0 amide bonds. The fourth-order valence-electron chi connectivity index (χ4n) is 10.1. The van der Waals surface area contributed by atoms with Crippen LogP contribution in [0.3, 0.4) is 0 Å². The van der Waals surface area contributed by atoms with Crippen molar-refractivity contribution in [2.45, 2.75) is 109 Å². The summed E-state index contributed by atoms with van der Waals surface area (Å²) in [7, 11) is -3.38. The second kappa shape index (κ2) is 9.92. The van der Waals surface area contributed by atoms with Gasteiger partial charge in [-0.1, -0.05) is 33.8 Å². The average Bonchev–Trinajstić information content (AvgIpc) is 3.05. The van der Waals surface area contributed by atoms with Crippen molar-refractivity contribution in [1.29, 1.82) is 0 Å². The van der Waals surface area contributed by atoms with E-state index >= 15 is 0 Å². The van der Waals surface area contributed by atoms with Gasteiger partial charge in [-0.3, -0.25) is 14.4 Å². The van der Waals surface area contributed by atoms with Crippen LogP contribution in [0.4, 0.5) is 0 Å². The molecule has 2 saturated heterocycles. The molecule has 234 valence electrons. The van der Waals surface area contributed by atoms with E-state index in [2.05, 4.69) is 11.3 Å². The summed E-state index contributed by atoms with van der Waals surface area (Å²) in [5.41, 5.74) is -3.22. The smallest absolute Gasteiger partial charge is 0.309 e. The van der Waals surface area contributed by atoms with E-state index in [0.29, 0.717) is 57.8 Å². The number of carbonyl (C=O) groups excluding carboxylic acids is 3. The quantitative estimate of drug-likeness (QED) is 0.292. The lowest BCUT2D eigenvalue weighted by Gasteiger charge is -2.73. The lowest BCUT2D eigenvalue weighted by atomic mass is 9.36. The van der Waals surface area contributed by atoms with Crippen molar-refractivity contribution >= 4 is 27.6 Å². The monoisotopic (exact) mass is 607 g/mol. The summed E-state index contributed by atoms with van der Waals surface area (Å²) in [4.78, 5) is 41.8. The Labute approximate surface area is 248 Å². The van der Waals surface area contributed by atoms with Crippen LogP contribution in [0.25, 0.3) is 0 Å². The summed E-state index contributed by atoms with van der Waals surface area (Å²) in [6.45, 7) is 9.89. The van der Waals surface area contributed by atoms with E-state index < -0.39 is 79.7 Å². The Morgan fingerprint density at radius 1 is 1.14 bits per heavy atom. The molecule has 0 aromatic rings. The molecule has 0 unspecified atom stereocenters. The summed E-state index contributed by atoms with van der Waals surface area (Å²) >= 11 is 0. The predicted molar refractivity (Wildman–Crippen MR) is 151 cm³/mol. The highest BCUT2D eigenvalue weighted by molar-refractivity contribution is 7.89. The molecule has 5 saturated carbocycles. The largest absolute Gasteiger partial charge is 0.460 e. The Morgan fingerprint density at radius 3 is 2.50 bits per heavy atom. The van der Waals surface area contributed by atoms with Crippen LogP contribution < -0.4 is 4.72 Å². The third kappa shape index (κ3) is 3.88. The molecule has 2 heterocycles. The minimum Gasteiger partial charge on any atom is -0.460 e. The van der Waals surface area contributed by atoms with Crippen molar-refractivity contribution in [3.05, 3.63) is 12.2 Å². The van der Waals surface area contributed by atoms with Crippen LogP contribution >= 0.6 is 0 Å². The van der Waals surface area contributed by atoms with Crippen LogP contribution in [-0.2, 0) is 33.9 Å². The topological polar surface area (TPSA) is 156 Å². The van der Waals surface area contributed by atoms with Gasteiger partial charge in [0.1, 0.15) is 23.4 Å². The zero-order valence-corrected chi connectivity index (χ0v) is 25.7. The number of sulfonamides is 1. The Balaban J connectivity index is 1.28. The van der Waals surface area contributed by atoms with Gasteiger partial charge in [-0.05, 0) is 68.3 Å². The van der Waals surface area contributed by atoms with Crippen molar-refractivity contribution in [1.82, 2.24) is 4.72 Å². The van der Waals surface area contributed by atoms with Crippen molar-refractivity contribution in [3.8, 4) is 0 Å². The molecule has 10 nitrogen and oxygen atoms in total. The second-order valence-corrected chi connectivity index (χ2v) is 16.4. The molecule has 11 heteroatoms. The van der Waals surface area contributed by atoms with E-state index in [9.17, 15) is 33.0 Å². The van der Waals surface area contributed by atoms with Gasteiger partial charge in [-0.25, -0.2) is 13.1 Å². The molecule has 0 aromatic heterocycles. The van der Waals surface area contributed by atoms with Crippen molar-refractivity contribution in [2.24, 2.45) is 39.9 Å². The third-order valence-corrected chi connectivity index (χ3v) is 13.6. The van der Waals surface area contributed by atoms with Crippen LogP contribution in [0.15, 0.2) is 12.2 Å². The van der Waals surface area contributed by atoms with E-state index in [0.717, 1.165) is 6.42 Å². The molecular formula is C31H45NO9S. The Hall–Kier alpha value is -1.66. The van der Waals surface area contributed by atoms with Crippen LogP contribution in [0.1, 0.15) is 85.0 Å². The Morgan fingerprint density at radius 2 is 1.83 bits per heavy atom. The maximum atomic E-state index is 14.2. The van der Waals surface area contributed by atoms with Crippen LogP contribution in [0.2, 0.25) is 0 Å². The first-order valence-corrected chi connectivity index (χ1v) is 17.3. The molecule has 7 rings (SSSR count). The Kier molecular flexibility index (Phi) is 7.18. The van der Waals surface area contributed by atoms with Crippen molar-refractivity contribution in [2.75, 3.05) is 12.4 Å². The molecule has 0 radical (unpaired) electrons.